The van der Waals surface area contributed by atoms with Gasteiger partial charge in [-0.25, -0.2) is 0 Å². The van der Waals surface area contributed by atoms with E-state index in [9.17, 15) is 19.2 Å². The van der Waals surface area contributed by atoms with E-state index in [0.717, 1.165) is 16.7 Å². The molecule has 12 heteroatoms. The van der Waals surface area contributed by atoms with Crippen LogP contribution in [0.4, 0.5) is 10.5 Å². The number of imide groups is 1. The number of methoxy groups -OCH3 is 1. The predicted octanol–water partition coefficient (Wildman–Crippen LogP) is 4.73. The van der Waals surface area contributed by atoms with Crippen molar-refractivity contribution in [2.24, 2.45) is 0 Å². The number of anilines is 1. The molecule has 0 aliphatic carbocycles. The second kappa shape index (κ2) is 12.1. The second-order valence-corrected chi connectivity index (χ2v) is 9.20. The van der Waals surface area contributed by atoms with Crippen LogP contribution in [-0.4, -0.2) is 54.8 Å². The Labute approximate surface area is 218 Å². The van der Waals surface area contributed by atoms with Crippen LogP contribution >= 0.6 is 39.3 Å². The average Bonchev–Trinajstić information content (AvgIpc) is 3.08. The molecule has 0 unspecified atom stereocenters. The summed E-state index contributed by atoms with van der Waals surface area (Å²) in [5.74, 6) is -1.01. The van der Waals surface area contributed by atoms with Crippen molar-refractivity contribution in [1.82, 2.24) is 4.90 Å². The fourth-order valence-corrected chi connectivity index (χ4v) is 4.20. The maximum absolute atomic E-state index is 12.5. The van der Waals surface area contributed by atoms with Gasteiger partial charge in [0, 0.05) is 10.2 Å². The van der Waals surface area contributed by atoms with Gasteiger partial charge in [0.2, 0.25) is 0 Å². The summed E-state index contributed by atoms with van der Waals surface area (Å²) in [5, 5.41) is 2.58. The number of carbonyl (C=O) groups excluding carboxylic acids is 4. The smallest absolute Gasteiger partial charge is 0.326 e. The third kappa shape index (κ3) is 7.00. The molecule has 3 amide bonds. The Morgan fingerprint density at radius 1 is 1.17 bits per heavy atom. The summed E-state index contributed by atoms with van der Waals surface area (Å²) in [6, 6.07) is 9.83. The Morgan fingerprint density at radius 2 is 1.94 bits per heavy atom. The first kappa shape index (κ1) is 26.6. The maximum atomic E-state index is 12.5. The summed E-state index contributed by atoms with van der Waals surface area (Å²) in [6.07, 6.45) is 1.51. The fourth-order valence-electron chi connectivity index (χ4n) is 2.93. The molecule has 0 aromatic heterocycles. The first-order valence-electron chi connectivity index (χ1n) is 10.2. The minimum Gasteiger partial charge on any atom is -0.493 e. The molecule has 0 saturated carbocycles. The van der Waals surface area contributed by atoms with E-state index in [2.05, 4.69) is 21.2 Å². The lowest BCUT2D eigenvalue weighted by Crippen LogP contribution is -2.34. The Hall–Kier alpha value is -3.02. The third-order valence-corrected chi connectivity index (χ3v) is 6.65. The van der Waals surface area contributed by atoms with Crippen LogP contribution in [0.25, 0.3) is 6.08 Å². The van der Waals surface area contributed by atoms with Crippen molar-refractivity contribution < 1.29 is 33.4 Å². The molecule has 3 rings (SSSR count). The normalized spacial score (nSPS) is 14.3. The molecule has 184 valence electrons. The number of benzene rings is 2. The van der Waals surface area contributed by atoms with Gasteiger partial charge in [-0.05, 0) is 76.6 Å². The standard InChI is InChI=1S/C23H20BrClN2O7S/c1-3-33-21(29)11-27-22(30)19(35-23(27)31)9-13-4-7-17(18(8-13)32-2)34-12-20(28)26-14-5-6-15(24)16(25)10-14/h4-10H,3,11-12H2,1-2H3,(H,26,28)/b19-9+. The van der Waals surface area contributed by atoms with Gasteiger partial charge < -0.3 is 19.5 Å². The minimum atomic E-state index is -0.661. The minimum absolute atomic E-state index is 0.152. The number of halogens is 2. The topological polar surface area (TPSA) is 111 Å². The predicted molar refractivity (Wildman–Crippen MR) is 136 cm³/mol. The number of amides is 3. The molecule has 1 saturated heterocycles. The van der Waals surface area contributed by atoms with Crippen LogP contribution < -0.4 is 14.8 Å². The Balaban J connectivity index is 1.65. The summed E-state index contributed by atoms with van der Waals surface area (Å²) < 4.78 is 16.4. The molecule has 1 aliphatic rings. The molecule has 1 aliphatic heterocycles. The summed E-state index contributed by atoms with van der Waals surface area (Å²) in [5.41, 5.74) is 1.08. The van der Waals surface area contributed by atoms with Crippen LogP contribution in [0, 0.1) is 0 Å². The number of nitrogens with one attached hydrogen (secondary N) is 1. The lowest BCUT2D eigenvalue weighted by atomic mass is 10.2. The van der Waals surface area contributed by atoms with E-state index >= 15 is 0 Å². The number of carbonyl (C=O) groups is 4. The summed E-state index contributed by atoms with van der Waals surface area (Å²) in [7, 11) is 1.43. The zero-order chi connectivity index (χ0) is 25.5. The van der Waals surface area contributed by atoms with Crippen molar-refractivity contribution in [2.45, 2.75) is 6.92 Å². The molecule has 9 nitrogen and oxygen atoms in total. The molecule has 2 aromatic carbocycles. The van der Waals surface area contributed by atoms with Crippen LogP contribution in [0.5, 0.6) is 11.5 Å². The first-order valence-corrected chi connectivity index (χ1v) is 12.2. The number of ether oxygens (including phenoxy) is 3. The van der Waals surface area contributed by atoms with E-state index in [4.69, 9.17) is 25.8 Å². The van der Waals surface area contributed by atoms with Crippen molar-refractivity contribution in [3.05, 3.63) is 56.4 Å². The largest absolute Gasteiger partial charge is 0.493 e. The van der Waals surface area contributed by atoms with E-state index in [1.807, 2.05) is 0 Å². The highest BCUT2D eigenvalue weighted by Crippen LogP contribution is 2.34. The average molecular weight is 584 g/mol. The molecule has 0 bridgehead atoms. The van der Waals surface area contributed by atoms with Gasteiger partial charge in [0.25, 0.3) is 17.1 Å². The maximum Gasteiger partial charge on any atom is 0.326 e. The molecule has 1 N–H and O–H groups in total. The number of hydrogen-bond donors (Lipinski definition) is 1. The highest BCUT2D eigenvalue weighted by atomic mass is 79.9. The van der Waals surface area contributed by atoms with Crippen molar-refractivity contribution in [3.8, 4) is 11.5 Å². The van der Waals surface area contributed by atoms with Crippen molar-refractivity contribution in [2.75, 3.05) is 32.2 Å². The molecule has 2 aromatic rings. The molecule has 0 radical (unpaired) electrons. The molecular formula is C23H20BrClN2O7S. The summed E-state index contributed by atoms with van der Waals surface area (Å²) in [6.45, 7) is 1.06. The van der Waals surface area contributed by atoms with Gasteiger partial charge in [0.15, 0.2) is 18.1 Å². The second-order valence-electron chi connectivity index (χ2n) is 6.95. The molecule has 1 heterocycles. The molecular weight excluding hydrogens is 564 g/mol. The fraction of sp³-hybridized carbons (Fsp3) is 0.217. The first-order chi connectivity index (χ1) is 16.7. The Kier molecular flexibility index (Phi) is 9.19. The lowest BCUT2D eigenvalue weighted by molar-refractivity contribution is -0.146. The molecule has 0 spiro atoms. The van der Waals surface area contributed by atoms with E-state index in [-0.39, 0.29) is 18.1 Å². The van der Waals surface area contributed by atoms with Gasteiger partial charge in [-0.15, -0.1) is 0 Å². The van der Waals surface area contributed by atoms with Gasteiger partial charge in [-0.3, -0.25) is 24.1 Å². The number of thioether (sulfide) groups is 1. The number of nitrogens with zero attached hydrogens (tertiary/aromatic N) is 1. The van der Waals surface area contributed by atoms with E-state index in [0.29, 0.717) is 32.2 Å². The molecule has 35 heavy (non-hydrogen) atoms. The van der Waals surface area contributed by atoms with Gasteiger partial charge in [0.1, 0.15) is 6.54 Å². The van der Waals surface area contributed by atoms with Gasteiger partial charge in [0.05, 0.1) is 23.6 Å². The summed E-state index contributed by atoms with van der Waals surface area (Å²) in [4.78, 5) is 49.6. The highest BCUT2D eigenvalue weighted by molar-refractivity contribution is 9.10. The van der Waals surface area contributed by atoms with Crippen LogP contribution in [0.2, 0.25) is 5.02 Å². The quantitative estimate of drug-likeness (QED) is 0.333. The van der Waals surface area contributed by atoms with E-state index in [1.54, 1.807) is 43.3 Å². The van der Waals surface area contributed by atoms with Crippen LogP contribution in [-0.2, 0) is 19.1 Å². The third-order valence-electron chi connectivity index (χ3n) is 4.51. The summed E-state index contributed by atoms with van der Waals surface area (Å²) >= 11 is 10.0. The zero-order valence-corrected chi connectivity index (χ0v) is 21.8. The lowest BCUT2D eigenvalue weighted by Gasteiger charge is -2.12. The van der Waals surface area contributed by atoms with Crippen molar-refractivity contribution in [1.29, 1.82) is 0 Å². The van der Waals surface area contributed by atoms with E-state index in [1.165, 1.54) is 13.2 Å². The number of hydrogen-bond acceptors (Lipinski definition) is 8. The number of esters is 1. The van der Waals surface area contributed by atoms with Gasteiger partial charge in [-0.2, -0.15) is 0 Å². The highest BCUT2D eigenvalue weighted by Gasteiger charge is 2.36. The molecule has 1 fully saturated rings. The van der Waals surface area contributed by atoms with Crippen LogP contribution in [0.15, 0.2) is 45.8 Å². The Morgan fingerprint density at radius 3 is 2.63 bits per heavy atom. The SMILES string of the molecule is CCOC(=O)CN1C(=O)S/C(=C/c2ccc(OCC(=O)Nc3ccc(Br)c(Cl)c3)c(OC)c2)C1=O. The van der Waals surface area contributed by atoms with Gasteiger partial charge in [-0.1, -0.05) is 17.7 Å². The van der Waals surface area contributed by atoms with Crippen molar-refractivity contribution >= 4 is 74.1 Å². The van der Waals surface area contributed by atoms with Crippen LogP contribution in [0.3, 0.4) is 0 Å². The zero-order valence-electron chi connectivity index (χ0n) is 18.6. The molecule has 0 atom stereocenters. The van der Waals surface area contributed by atoms with E-state index < -0.39 is 29.6 Å². The Bertz CT molecular complexity index is 1200. The van der Waals surface area contributed by atoms with Crippen molar-refractivity contribution in [3.63, 3.8) is 0 Å². The number of rotatable bonds is 9. The van der Waals surface area contributed by atoms with Crippen LogP contribution in [0.1, 0.15) is 12.5 Å². The monoisotopic (exact) mass is 582 g/mol. The van der Waals surface area contributed by atoms with Gasteiger partial charge >= 0.3 is 5.97 Å².